The second kappa shape index (κ2) is 375. The van der Waals surface area contributed by atoms with Gasteiger partial charge < -0.3 is 4.79 Å². The van der Waals surface area contributed by atoms with Gasteiger partial charge in [-0.25, -0.2) is 15.8 Å². The first-order chi connectivity index (χ1) is 7.00. The molecule has 0 aliphatic heterocycles. The molecule has 0 heterocycles. The van der Waals surface area contributed by atoms with Crippen LogP contribution in [0.25, 0.3) is 0 Å². The lowest BCUT2D eigenvalue weighted by atomic mass is 11.0. The van der Waals surface area contributed by atoms with Crippen LogP contribution in [0, 0.1) is 35.5 Å². The van der Waals surface area contributed by atoms with Gasteiger partial charge in [-0.05, 0) is 5.87 Å². The van der Waals surface area contributed by atoms with Crippen LogP contribution in [0.15, 0.2) is 0 Å². The first-order valence-electron chi connectivity index (χ1n) is 3.35. The summed E-state index contributed by atoms with van der Waals surface area (Å²) in [5, 5.41) is 19.5. The number of hydrogen-bond donors (Lipinski definition) is 0. The molecule has 0 saturated heterocycles. The molecule has 4 nitrogen and oxygen atoms in total. The van der Waals surface area contributed by atoms with E-state index in [4.69, 9.17) is 20.6 Å². The number of thiocarbonyl (C=S) groups is 1. The summed E-state index contributed by atoms with van der Waals surface area (Å²) >= 11 is 3.83. The number of carbonyl (C=O) groups excluding carboxylic acids is 1. The van der Waals surface area contributed by atoms with E-state index in [9.17, 15) is 0 Å². The molecule has 0 N–H and O–H groups in total. The predicted octanol–water partition coefficient (Wildman–Crippen LogP) is 3.39. The largest absolute Gasteiger partial charge is 0.307 e. The molecule has 0 unspecified atom stereocenters. The minimum Gasteiger partial charge on any atom is -0.307 e. The van der Waals surface area contributed by atoms with Crippen LogP contribution < -0.4 is 0 Å². The Morgan fingerprint density at radius 1 is 0.786 bits per heavy atom. The lowest BCUT2D eigenvalue weighted by Crippen LogP contribution is -0.925. The van der Waals surface area contributed by atoms with Gasteiger partial charge in [0.05, 0.1) is 0 Å². The van der Waals surface area contributed by atoms with E-state index in [1.807, 2.05) is 34.5 Å². The minimum absolute atomic E-state index is 0. The molecule has 0 fully saturated rings. The van der Waals surface area contributed by atoms with Crippen molar-refractivity contribution >= 4 is 24.9 Å². The highest BCUT2D eigenvalue weighted by molar-refractivity contribution is 7.77. The first kappa shape index (κ1) is 56.4. The van der Waals surface area contributed by atoms with Gasteiger partial charge in [0.25, 0.3) is 0 Å². The molecule has 0 aliphatic carbocycles. The Kier molecular flexibility index (Phi) is 1510. The number of hydrogen-bond acceptors (Lipinski definition) is 5. The normalized spacial score (nSPS) is 1.86. The minimum atomic E-state index is 0. The molecule has 0 atom stereocenters. The van der Waals surface area contributed by atoms with Crippen molar-refractivity contribution in [3.8, 4) is 19.7 Å². The fourth-order valence-corrected chi connectivity index (χ4v) is 0. The second-order valence-corrected chi connectivity index (χ2v) is 0. The van der Waals surface area contributed by atoms with Crippen molar-refractivity contribution in [3.63, 3.8) is 0 Å². The van der Waals surface area contributed by atoms with Crippen molar-refractivity contribution in [1.82, 2.24) is 0 Å². The standard InChI is InChI=1S/2C2H6.3CHN.CH2O.CH2S.2H2/c7*1-2;;/h2*1-2H3;3*1H;2*1H2;2*1H/i;;;;;;;2*1+2. The highest BCUT2D eigenvalue weighted by atomic mass is 32.1. The third kappa shape index (κ3) is 278. The van der Waals surface area contributed by atoms with E-state index in [1.165, 1.54) is 0 Å². The number of carbonyl (C=O) groups is 1. The van der Waals surface area contributed by atoms with Crippen LogP contribution in [0.3, 0.4) is 0 Å². The van der Waals surface area contributed by atoms with Crippen LogP contribution >= 0.6 is 12.2 Å². The first-order valence-corrected chi connectivity index (χ1v) is 3.93. The third-order valence-corrected chi connectivity index (χ3v) is 0. The van der Waals surface area contributed by atoms with Crippen molar-refractivity contribution in [2.24, 2.45) is 0 Å². The van der Waals surface area contributed by atoms with Gasteiger partial charge in [-0.2, -0.15) is 0 Å². The Morgan fingerprint density at radius 3 is 0.786 bits per heavy atom. The van der Waals surface area contributed by atoms with Crippen molar-refractivity contribution in [1.29, 1.82) is 15.8 Å². The lowest BCUT2D eigenvalue weighted by Gasteiger charge is -1.07. The molecule has 0 aromatic rings. The van der Waals surface area contributed by atoms with Crippen LogP contribution in [0.5, 0.6) is 0 Å². The molecule has 0 radical (unpaired) electrons. The van der Waals surface area contributed by atoms with E-state index in [-0.39, 0.29) is 2.85 Å². The molecule has 5 heteroatoms. The molecule has 0 rings (SSSR count). The van der Waals surface area contributed by atoms with Crippen molar-refractivity contribution in [2.45, 2.75) is 27.7 Å². The van der Waals surface area contributed by atoms with E-state index < -0.39 is 0 Å². The Balaban J connectivity index is -0.00000000500. The van der Waals surface area contributed by atoms with Crippen molar-refractivity contribution in [2.75, 3.05) is 0 Å². The smallest absolute Gasteiger partial charge is 0.106 e. The van der Waals surface area contributed by atoms with E-state index in [0.29, 0.717) is 0 Å². The van der Waals surface area contributed by atoms with Crippen molar-refractivity contribution in [3.05, 3.63) is 0 Å². The fourth-order valence-electron chi connectivity index (χ4n) is 0. The zero-order valence-corrected chi connectivity index (χ0v) is 10.1. The predicted molar refractivity (Wildman–Crippen MR) is 68.8 cm³/mol. The molecule has 14 heavy (non-hydrogen) atoms. The molecule has 0 saturated carbocycles. The Bertz CT molecular complexity index is 74.3. The van der Waals surface area contributed by atoms with Crippen LogP contribution in [0.2, 0.25) is 0 Å². The molecule has 0 bridgehead atoms. The molecule has 0 amide bonds. The molecule has 86 valence electrons. The van der Waals surface area contributed by atoms with Crippen LogP contribution in [-0.2, 0) is 4.79 Å². The van der Waals surface area contributed by atoms with Crippen LogP contribution in [0.4, 0.5) is 0 Å². The summed E-state index contributed by atoms with van der Waals surface area (Å²) in [5.74, 6) is 2.83. The molecular weight excluding hydrogens is 198 g/mol. The topological polar surface area (TPSA) is 88.4 Å². The van der Waals surface area contributed by atoms with Gasteiger partial charge in [0.15, 0.2) is 0 Å². The van der Waals surface area contributed by atoms with Crippen LogP contribution in [0.1, 0.15) is 30.5 Å². The maximum absolute atomic E-state index is 8.00. The summed E-state index contributed by atoms with van der Waals surface area (Å²) < 4.78 is 0. The van der Waals surface area contributed by atoms with Gasteiger partial charge in [-0.3, -0.25) is 0 Å². The zero-order chi connectivity index (χ0) is 14.0. The quantitative estimate of drug-likeness (QED) is 0.589. The number of nitriles is 3. The van der Waals surface area contributed by atoms with Gasteiger partial charge in [-0.1, -0.05) is 39.9 Å². The van der Waals surface area contributed by atoms with Gasteiger partial charge in [0.2, 0.25) is 0 Å². The van der Waals surface area contributed by atoms with E-state index in [1.54, 1.807) is 0 Å². The number of rotatable bonds is 0. The van der Waals surface area contributed by atoms with E-state index in [2.05, 4.69) is 37.8 Å². The van der Waals surface area contributed by atoms with Gasteiger partial charge in [0, 0.05) is 22.6 Å². The van der Waals surface area contributed by atoms with Gasteiger partial charge in [0.1, 0.15) is 6.79 Å². The molecule has 0 aromatic carbocycles. The zero-order valence-electron chi connectivity index (χ0n) is 9.30. The molecular formula is C9H23N3OS. The summed E-state index contributed by atoms with van der Waals surface area (Å²) in [4.78, 5) is 8.00. The maximum Gasteiger partial charge on any atom is 0.106 e. The lowest BCUT2D eigenvalue weighted by molar-refractivity contribution is -0.0979. The van der Waals surface area contributed by atoms with E-state index >= 15 is 0 Å². The number of nitrogens with zero attached hydrogens (tertiary/aromatic N) is 3. The monoisotopic (exact) mass is 225 g/mol. The fraction of sp³-hybridized carbons (Fsp3) is 0.444. The molecule has 0 spiro atoms. The Labute approximate surface area is 96.4 Å². The second-order valence-electron chi connectivity index (χ2n) is 0. The van der Waals surface area contributed by atoms with E-state index in [0.717, 1.165) is 0 Å². The summed E-state index contributed by atoms with van der Waals surface area (Å²) in [6.45, 7) is 20.5. The molecule has 0 aliphatic rings. The SMILES string of the molecule is C#N.C#N.C#N.C=O.C=S.CC.CC.[3HH].[3HH]. The van der Waals surface area contributed by atoms with Gasteiger partial charge >= 0.3 is 0 Å². The highest BCUT2D eigenvalue weighted by Crippen LogP contribution is 1.15. The summed E-state index contributed by atoms with van der Waals surface area (Å²) in [5.41, 5.74) is 0. The van der Waals surface area contributed by atoms with Gasteiger partial charge in [-0.15, -0.1) is 0 Å². The average molecular weight is 225 g/mol. The summed E-state index contributed by atoms with van der Waals surface area (Å²) in [6, 6.07) is 0. The van der Waals surface area contributed by atoms with Crippen LogP contribution in [-0.4, -0.2) is 12.7 Å². The summed E-state index contributed by atoms with van der Waals surface area (Å²) in [6.07, 6.45) is 0. The summed E-state index contributed by atoms with van der Waals surface area (Å²) in [7, 11) is 0. The molecule has 0 aromatic heterocycles. The third-order valence-electron chi connectivity index (χ3n) is 0. The highest BCUT2D eigenvalue weighted by Gasteiger charge is 0.934. The average Bonchev–Trinajstić information content (AvgIpc) is 2.45. The maximum atomic E-state index is 8.00. The Hall–Kier alpha value is -1.77. The van der Waals surface area contributed by atoms with Crippen molar-refractivity contribution < 1.29 is 7.65 Å². The Morgan fingerprint density at radius 2 is 0.786 bits per heavy atom.